The van der Waals surface area contributed by atoms with Gasteiger partial charge in [-0.3, -0.25) is 4.79 Å². The number of ether oxygens (including phenoxy) is 1. The third-order valence-corrected chi connectivity index (χ3v) is 3.49. The Labute approximate surface area is 144 Å². The van der Waals surface area contributed by atoms with Crippen molar-refractivity contribution in [2.45, 2.75) is 32.8 Å². The number of benzene rings is 2. The van der Waals surface area contributed by atoms with Crippen LogP contribution in [0.5, 0.6) is 5.75 Å². The molecule has 24 heavy (non-hydrogen) atoms. The van der Waals surface area contributed by atoms with Crippen LogP contribution in [0.3, 0.4) is 0 Å². The third-order valence-electron chi connectivity index (χ3n) is 3.49. The van der Waals surface area contributed by atoms with Gasteiger partial charge in [0, 0.05) is 13.0 Å². The Hall–Kier alpha value is -2.33. The summed E-state index contributed by atoms with van der Waals surface area (Å²) >= 11 is 0. The fraction of sp³-hybridized carbons (Fsp3) is 0.350. The van der Waals surface area contributed by atoms with Crippen LogP contribution >= 0.6 is 0 Å². The van der Waals surface area contributed by atoms with Crippen molar-refractivity contribution in [3.8, 4) is 5.75 Å². The average molecular weight is 326 g/mol. The topological polar surface area (TPSA) is 50.4 Å². The molecule has 4 nitrogen and oxygen atoms in total. The van der Waals surface area contributed by atoms with Gasteiger partial charge >= 0.3 is 0 Å². The number of carbonyl (C=O) groups excluding carboxylic acids is 1. The number of nitrogens with one attached hydrogen (secondary N) is 2. The number of anilines is 1. The van der Waals surface area contributed by atoms with Gasteiger partial charge in [-0.25, -0.2) is 0 Å². The van der Waals surface area contributed by atoms with E-state index in [0.29, 0.717) is 18.7 Å². The minimum Gasteiger partial charge on any atom is -0.489 e. The Morgan fingerprint density at radius 1 is 1.00 bits per heavy atom. The zero-order valence-corrected chi connectivity index (χ0v) is 14.4. The molecule has 0 atom stereocenters. The first-order valence-corrected chi connectivity index (χ1v) is 8.45. The molecule has 0 aliphatic carbocycles. The van der Waals surface area contributed by atoms with Crippen molar-refractivity contribution in [3.05, 3.63) is 60.2 Å². The highest BCUT2D eigenvalue weighted by Crippen LogP contribution is 2.24. The van der Waals surface area contributed by atoms with E-state index in [-0.39, 0.29) is 12.0 Å². The number of carbonyl (C=O) groups is 1. The van der Waals surface area contributed by atoms with Crippen molar-refractivity contribution in [3.63, 3.8) is 0 Å². The van der Waals surface area contributed by atoms with Gasteiger partial charge in [0.25, 0.3) is 0 Å². The van der Waals surface area contributed by atoms with Crippen molar-refractivity contribution < 1.29 is 9.53 Å². The number of para-hydroxylation sites is 2. The maximum absolute atomic E-state index is 12.1. The molecule has 2 N–H and O–H groups in total. The van der Waals surface area contributed by atoms with Crippen LogP contribution in [-0.2, 0) is 11.2 Å². The SMILES string of the molecule is CC(C)Oc1ccccc1NC(=O)CCNCCc1ccccc1. The summed E-state index contributed by atoms with van der Waals surface area (Å²) in [4.78, 5) is 12.1. The summed E-state index contributed by atoms with van der Waals surface area (Å²) in [6, 6.07) is 17.8. The smallest absolute Gasteiger partial charge is 0.225 e. The Kier molecular flexibility index (Phi) is 7.30. The minimum atomic E-state index is -0.0120. The second-order valence-electron chi connectivity index (χ2n) is 5.95. The zero-order chi connectivity index (χ0) is 17.2. The van der Waals surface area contributed by atoms with Crippen LogP contribution in [0, 0.1) is 0 Å². The van der Waals surface area contributed by atoms with E-state index < -0.39 is 0 Å². The highest BCUT2D eigenvalue weighted by atomic mass is 16.5. The summed E-state index contributed by atoms with van der Waals surface area (Å²) in [5.41, 5.74) is 2.02. The molecule has 1 amide bonds. The van der Waals surface area contributed by atoms with E-state index in [9.17, 15) is 4.79 Å². The molecule has 2 rings (SSSR count). The van der Waals surface area contributed by atoms with E-state index in [2.05, 4.69) is 22.8 Å². The lowest BCUT2D eigenvalue weighted by atomic mass is 10.1. The van der Waals surface area contributed by atoms with E-state index in [1.807, 2.05) is 56.3 Å². The molecular formula is C20H26N2O2. The Bertz CT molecular complexity index is 627. The van der Waals surface area contributed by atoms with Gasteiger partial charge in [-0.15, -0.1) is 0 Å². The molecule has 0 aliphatic heterocycles. The third kappa shape index (κ3) is 6.42. The van der Waals surface area contributed by atoms with Crippen molar-refractivity contribution >= 4 is 11.6 Å². The summed E-state index contributed by atoms with van der Waals surface area (Å²) in [6.45, 7) is 5.46. The summed E-state index contributed by atoms with van der Waals surface area (Å²) in [5, 5.41) is 6.23. The number of rotatable bonds is 9. The zero-order valence-electron chi connectivity index (χ0n) is 14.4. The monoisotopic (exact) mass is 326 g/mol. The van der Waals surface area contributed by atoms with Crippen molar-refractivity contribution in [2.24, 2.45) is 0 Å². The Morgan fingerprint density at radius 3 is 2.46 bits per heavy atom. The largest absolute Gasteiger partial charge is 0.489 e. The van der Waals surface area contributed by atoms with E-state index in [1.54, 1.807) is 0 Å². The normalized spacial score (nSPS) is 10.6. The molecule has 0 aliphatic rings. The molecule has 0 fully saturated rings. The predicted octanol–water partition coefficient (Wildman–Crippen LogP) is 3.63. The van der Waals surface area contributed by atoms with Gasteiger partial charge in [0.1, 0.15) is 5.75 Å². The van der Waals surface area contributed by atoms with Gasteiger partial charge < -0.3 is 15.4 Å². The molecule has 0 aromatic heterocycles. The predicted molar refractivity (Wildman–Crippen MR) is 98.5 cm³/mol. The first-order chi connectivity index (χ1) is 11.6. The second-order valence-corrected chi connectivity index (χ2v) is 5.95. The summed E-state index contributed by atoms with van der Waals surface area (Å²) in [6.07, 6.45) is 1.47. The van der Waals surface area contributed by atoms with Gasteiger partial charge in [0.15, 0.2) is 0 Å². The molecular weight excluding hydrogens is 300 g/mol. The number of hydrogen-bond acceptors (Lipinski definition) is 3. The fourth-order valence-corrected chi connectivity index (χ4v) is 2.34. The van der Waals surface area contributed by atoms with Crippen molar-refractivity contribution in [1.29, 1.82) is 0 Å². The van der Waals surface area contributed by atoms with E-state index in [1.165, 1.54) is 5.56 Å². The molecule has 0 bridgehead atoms. The molecule has 4 heteroatoms. The molecule has 0 radical (unpaired) electrons. The number of amides is 1. The molecule has 0 unspecified atom stereocenters. The second kappa shape index (κ2) is 9.73. The quantitative estimate of drug-likeness (QED) is 0.692. The van der Waals surface area contributed by atoms with Crippen LogP contribution < -0.4 is 15.4 Å². The van der Waals surface area contributed by atoms with Crippen LogP contribution in [-0.4, -0.2) is 25.1 Å². The lowest BCUT2D eigenvalue weighted by Gasteiger charge is -2.14. The Balaban J connectivity index is 1.70. The van der Waals surface area contributed by atoms with Crippen LogP contribution in [0.1, 0.15) is 25.8 Å². The van der Waals surface area contributed by atoms with Crippen LogP contribution in [0.25, 0.3) is 0 Å². The van der Waals surface area contributed by atoms with Gasteiger partial charge in [-0.1, -0.05) is 42.5 Å². The van der Waals surface area contributed by atoms with Gasteiger partial charge in [0.2, 0.25) is 5.91 Å². The van der Waals surface area contributed by atoms with Crippen molar-refractivity contribution in [1.82, 2.24) is 5.32 Å². The van der Waals surface area contributed by atoms with E-state index in [0.717, 1.165) is 18.7 Å². The van der Waals surface area contributed by atoms with Crippen LogP contribution in [0.2, 0.25) is 0 Å². The Morgan fingerprint density at radius 2 is 1.71 bits per heavy atom. The van der Waals surface area contributed by atoms with Gasteiger partial charge in [-0.2, -0.15) is 0 Å². The van der Waals surface area contributed by atoms with Crippen LogP contribution in [0.4, 0.5) is 5.69 Å². The fourth-order valence-electron chi connectivity index (χ4n) is 2.34. The lowest BCUT2D eigenvalue weighted by molar-refractivity contribution is -0.116. The lowest BCUT2D eigenvalue weighted by Crippen LogP contribution is -2.23. The van der Waals surface area contributed by atoms with Gasteiger partial charge in [0.05, 0.1) is 11.8 Å². The molecule has 2 aromatic carbocycles. The molecule has 128 valence electrons. The van der Waals surface area contributed by atoms with Gasteiger partial charge in [-0.05, 0) is 44.5 Å². The first kappa shape index (κ1) is 18.0. The van der Waals surface area contributed by atoms with E-state index >= 15 is 0 Å². The maximum atomic E-state index is 12.1. The molecule has 0 heterocycles. The van der Waals surface area contributed by atoms with E-state index in [4.69, 9.17) is 4.74 Å². The van der Waals surface area contributed by atoms with Crippen LogP contribution in [0.15, 0.2) is 54.6 Å². The molecule has 2 aromatic rings. The molecule has 0 spiro atoms. The number of hydrogen-bond donors (Lipinski definition) is 2. The highest BCUT2D eigenvalue weighted by molar-refractivity contribution is 5.92. The standard InChI is InChI=1S/C20H26N2O2/c1-16(2)24-19-11-7-6-10-18(19)22-20(23)13-15-21-14-12-17-8-4-3-5-9-17/h3-11,16,21H,12-15H2,1-2H3,(H,22,23). The molecule has 0 saturated carbocycles. The summed E-state index contributed by atoms with van der Waals surface area (Å²) in [5.74, 6) is 0.694. The summed E-state index contributed by atoms with van der Waals surface area (Å²) in [7, 11) is 0. The molecule has 0 saturated heterocycles. The maximum Gasteiger partial charge on any atom is 0.225 e. The highest BCUT2D eigenvalue weighted by Gasteiger charge is 2.08. The first-order valence-electron chi connectivity index (χ1n) is 8.45. The average Bonchev–Trinajstić information content (AvgIpc) is 2.57. The summed E-state index contributed by atoms with van der Waals surface area (Å²) < 4.78 is 5.71. The van der Waals surface area contributed by atoms with Crippen molar-refractivity contribution in [2.75, 3.05) is 18.4 Å². The minimum absolute atomic E-state index is 0.0120.